The average molecular weight is 363 g/mol. The molecular weight excluding hydrogens is 344 g/mol. The van der Waals surface area contributed by atoms with Gasteiger partial charge in [-0.25, -0.2) is 0 Å². The predicted octanol–water partition coefficient (Wildman–Crippen LogP) is 1.95. The Labute approximate surface area is 149 Å². The first-order valence-electron chi connectivity index (χ1n) is 8.33. The second-order valence-electron chi connectivity index (χ2n) is 7.30. The summed E-state index contributed by atoms with van der Waals surface area (Å²) >= 11 is 5.89. The van der Waals surface area contributed by atoms with Gasteiger partial charge in [0.2, 0.25) is 0 Å². The summed E-state index contributed by atoms with van der Waals surface area (Å²) in [6, 6.07) is 5.87. The third kappa shape index (κ3) is 2.74. The van der Waals surface area contributed by atoms with Crippen LogP contribution in [0.25, 0.3) is 11.0 Å². The summed E-state index contributed by atoms with van der Waals surface area (Å²) in [5.74, 6) is -0.494. The third-order valence-electron chi connectivity index (χ3n) is 5.68. The zero-order valence-corrected chi connectivity index (χ0v) is 14.3. The van der Waals surface area contributed by atoms with Crippen molar-refractivity contribution < 1.29 is 14.3 Å². The van der Waals surface area contributed by atoms with E-state index in [4.69, 9.17) is 21.8 Å². The van der Waals surface area contributed by atoms with Crippen molar-refractivity contribution in [2.75, 3.05) is 0 Å². The van der Waals surface area contributed by atoms with E-state index < -0.39 is 23.1 Å². The molecule has 6 nitrogen and oxygen atoms in total. The van der Waals surface area contributed by atoms with Crippen LogP contribution in [0.4, 0.5) is 0 Å². The van der Waals surface area contributed by atoms with Crippen LogP contribution < -0.4 is 16.5 Å². The molecule has 5 rings (SSSR count). The molecule has 1 heterocycles. The minimum Gasteiger partial charge on any atom is -0.451 e. The van der Waals surface area contributed by atoms with Crippen LogP contribution >= 0.6 is 11.6 Å². The van der Waals surface area contributed by atoms with E-state index >= 15 is 0 Å². The molecule has 7 heteroatoms. The lowest BCUT2D eigenvalue weighted by Crippen LogP contribution is -2.68. The van der Waals surface area contributed by atoms with Gasteiger partial charge in [-0.2, -0.15) is 0 Å². The molecule has 0 spiro atoms. The quantitative estimate of drug-likeness (QED) is 0.757. The van der Waals surface area contributed by atoms with Gasteiger partial charge in [-0.3, -0.25) is 9.59 Å². The number of rotatable bonds is 2. The Morgan fingerprint density at radius 3 is 2.68 bits per heavy atom. The molecule has 0 aliphatic heterocycles. The first-order valence-corrected chi connectivity index (χ1v) is 8.71. The number of hydrogen-bond donors (Lipinski definition) is 3. The first-order chi connectivity index (χ1) is 11.8. The van der Waals surface area contributed by atoms with Crippen molar-refractivity contribution in [3.63, 3.8) is 0 Å². The highest BCUT2D eigenvalue weighted by molar-refractivity contribution is 6.31. The van der Waals surface area contributed by atoms with Crippen molar-refractivity contribution in [2.45, 2.75) is 49.3 Å². The van der Waals surface area contributed by atoms with Gasteiger partial charge in [-0.15, -0.1) is 0 Å². The molecule has 1 aromatic carbocycles. The van der Waals surface area contributed by atoms with Crippen LogP contribution in [0.3, 0.4) is 0 Å². The number of amides is 1. The molecule has 1 amide bonds. The minimum atomic E-state index is -0.638. The number of carbonyl (C=O) groups excluding carboxylic acids is 1. The number of nitrogens with one attached hydrogen (secondary N) is 1. The molecule has 2 bridgehead atoms. The van der Waals surface area contributed by atoms with Gasteiger partial charge in [0.05, 0.1) is 11.5 Å². The lowest BCUT2D eigenvalue weighted by molar-refractivity contribution is -0.0413. The monoisotopic (exact) mass is 362 g/mol. The largest absolute Gasteiger partial charge is 0.451 e. The van der Waals surface area contributed by atoms with Crippen LogP contribution in [0.15, 0.2) is 33.5 Å². The molecule has 0 radical (unpaired) electrons. The number of aliphatic hydroxyl groups excluding tert-OH is 1. The van der Waals surface area contributed by atoms with E-state index in [1.54, 1.807) is 12.1 Å². The van der Waals surface area contributed by atoms with Crippen molar-refractivity contribution in [1.29, 1.82) is 0 Å². The highest BCUT2D eigenvalue weighted by atomic mass is 35.5. The molecule has 1 atom stereocenters. The highest BCUT2D eigenvalue weighted by Gasteiger charge is 2.52. The van der Waals surface area contributed by atoms with Crippen LogP contribution in [0.1, 0.15) is 42.7 Å². The van der Waals surface area contributed by atoms with E-state index in [1.165, 1.54) is 12.1 Å². The second-order valence-corrected chi connectivity index (χ2v) is 7.74. The van der Waals surface area contributed by atoms with E-state index in [9.17, 15) is 14.7 Å². The maximum Gasteiger partial charge on any atom is 0.287 e. The molecule has 1 unspecified atom stereocenters. The zero-order chi connectivity index (χ0) is 17.8. The Bertz CT molecular complexity index is 915. The summed E-state index contributed by atoms with van der Waals surface area (Å²) < 4.78 is 5.59. The lowest BCUT2D eigenvalue weighted by atomic mass is 9.60. The maximum atomic E-state index is 12.7. The summed E-state index contributed by atoms with van der Waals surface area (Å²) in [6.45, 7) is 0. The van der Waals surface area contributed by atoms with E-state index in [1.807, 2.05) is 0 Å². The Morgan fingerprint density at radius 1 is 1.28 bits per heavy atom. The molecular formula is C18H19ClN2O4. The first kappa shape index (κ1) is 16.6. The second kappa shape index (κ2) is 5.56. The van der Waals surface area contributed by atoms with Gasteiger partial charge >= 0.3 is 0 Å². The van der Waals surface area contributed by atoms with Crippen molar-refractivity contribution in [3.05, 3.63) is 45.3 Å². The van der Waals surface area contributed by atoms with Crippen molar-refractivity contribution >= 4 is 28.5 Å². The molecule has 3 aliphatic carbocycles. The van der Waals surface area contributed by atoms with Crippen LogP contribution in [0.5, 0.6) is 0 Å². The number of hydrogen-bond acceptors (Lipinski definition) is 5. The number of benzene rings is 1. The fourth-order valence-electron chi connectivity index (χ4n) is 4.02. The molecule has 132 valence electrons. The van der Waals surface area contributed by atoms with Gasteiger partial charge in [0.1, 0.15) is 5.58 Å². The molecule has 3 saturated carbocycles. The molecule has 3 aliphatic rings. The molecule has 4 N–H and O–H groups in total. The Hall–Kier alpha value is -1.89. The fraction of sp³-hybridized carbons (Fsp3) is 0.444. The van der Waals surface area contributed by atoms with Crippen molar-refractivity contribution in [2.24, 2.45) is 5.73 Å². The Kier molecular flexibility index (Phi) is 3.68. The summed E-state index contributed by atoms with van der Waals surface area (Å²) in [6.07, 6.45) is 2.52. The van der Waals surface area contributed by atoms with Crippen molar-refractivity contribution in [3.8, 4) is 0 Å². The smallest absolute Gasteiger partial charge is 0.287 e. The number of halogens is 1. The predicted molar refractivity (Wildman–Crippen MR) is 93.7 cm³/mol. The van der Waals surface area contributed by atoms with Crippen LogP contribution in [-0.4, -0.2) is 28.2 Å². The molecule has 3 fully saturated rings. The Balaban J connectivity index is 1.63. The van der Waals surface area contributed by atoms with Crippen LogP contribution in [0.2, 0.25) is 5.02 Å². The number of fused-ring (bicyclic) bond motifs is 4. The number of aliphatic hydroxyl groups is 1. The maximum absolute atomic E-state index is 12.7. The highest BCUT2D eigenvalue weighted by Crippen LogP contribution is 2.45. The van der Waals surface area contributed by atoms with E-state index in [0.717, 1.165) is 0 Å². The van der Waals surface area contributed by atoms with E-state index in [-0.39, 0.29) is 11.2 Å². The summed E-state index contributed by atoms with van der Waals surface area (Å²) in [5.41, 5.74) is 5.16. The van der Waals surface area contributed by atoms with E-state index in [2.05, 4.69) is 5.32 Å². The van der Waals surface area contributed by atoms with Gasteiger partial charge in [-0.05, 0) is 50.3 Å². The standard InChI is InChI=1S/C18H19ClN2O4/c19-10-1-2-13-11(7-10)12(22)8-14(25-13)16(24)21-17-3-5-18(20,6-4-17)15(23)9-17/h1-2,7-8,15,23H,3-6,9,20H2,(H,21,24). The topological polar surface area (TPSA) is 106 Å². The number of nitrogens with two attached hydrogens (primary N) is 1. The zero-order valence-electron chi connectivity index (χ0n) is 13.5. The lowest BCUT2D eigenvalue weighted by Gasteiger charge is -2.54. The summed E-state index contributed by atoms with van der Waals surface area (Å²) in [5, 5.41) is 14.0. The van der Waals surface area contributed by atoms with E-state index in [0.29, 0.717) is 48.1 Å². The minimum absolute atomic E-state index is 0.0427. The SMILES string of the molecule is NC12CCC(NC(=O)c3cc(=O)c4cc(Cl)ccc4o3)(CC1)CC2O. The third-order valence-corrected chi connectivity index (χ3v) is 5.91. The normalized spacial score (nSPS) is 31.2. The molecule has 1 aromatic heterocycles. The number of carbonyl (C=O) groups is 1. The average Bonchev–Trinajstić information content (AvgIpc) is 2.57. The van der Waals surface area contributed by atoms with Gasteiger partial charge in [0.15, 0.2) is 11.2 Å². The van der Waals surface area contributed by atoms with Crippen LogP contribution in [0, 0.1) is 0 Å². The molecule has 25 heavy (non-hydrogen) atoms. The van der Waals surface area contributed by atoms with Gasteiger partial charge in [0, 0.05) is 22.2 Å². The van der Waals surface area contributed by atoms with Gasteiger partial charge < -0.3 is 20.6 Å². The van der Waals surface area contributed by atoms with Crippen LogP contribution in [-0.2, 0) is 0 Å². The fourth-order valence-corrected chi connectivity index (χ4v) is 4.20. The van der Waals surface area contributed by atoms with Gasteiger partial charge in [-0.1, -0.05) is 11.6 Å². The molecule has 0 saturated heterocycles. The summed E-state index contributed by atoms with van der Waals surface area (Å²) in [4.78, 5) is 24.9. The van der Waals surface area contributed by atoms with Gasteiger partial charge in [0.25, 0.3) is 5.91 Å². The summed E-state index contributed by atoms with van der Waals surface area (Å²) in [7, 11) is 0. The van der Waals surface area contributed by atoms with Crippen molar-refractivity contribution in [1.82, 2.24) is 5.32 Å². The molecule has 2 aromatic rings. The Morgan fingerprint density at radius 2 is 2.00 bits per heavy atom.